The van der Waals surface area contributed by atoms with Crippen molar-refractivity contribution in [2.45, 2.75) is 0 Å². The van der Waals surface area contributed by atoms with Gasteiger partial charge in [0, 0.05) is 12.4 Å². The SMILES string of the molecule is Clc1nnc(Cl)c2nccnc12. The second-order valence-electron chi connectivity index (χ2n) is 2.04. The van der Waals surface area contributed by atoms with Gasteiger partial charge < -0.3 is 0 Å². The summed E-state index contributed by atoms with van der Waals surface area (Å²) in [6.07, 6.45) is 3.04. The third kappa shape index (κ3) is 1.09. The summed E-state index contributed by atoms with van der Waals surface area (Å²) < 4.78 is 0. The molecule has 0 aliphatic rings. The minimum atomic E-state index is 0.211. The lowest BCUT2D eigenvalue weighted by atomic mass is 10.4. The quantitative estimate of drug-likeness (QED) is 0.651. The third-order valence-electron chi connectivity index (χ3n) is 1.31. The van der Waals surface area contributed by atoms with E-state index in [-0.39, 0.29) is 10.3 Å². The highest BCUT2D eigenvalue weighted by molar-refractivity contribution is 6.37. The Morgan fingerprint density at radius 2 is 1.25 bits per heavy atom. The number of aromatic nitrogens is 4. The van der Waals surface area contributed by atoms with E-state index in [1.54, 1.807) is 0 Å². The van der Waals surface area contributed by atoms with Crippen molar-refractivity contribution in [3.63, 3.8) is 0 Å². The van der Waals surface area contributed by atoms with Gasteiger partial charge >= 0.3 is 0 Å². The zero-order chi connectivity index (χ0) is 8.55. The molecule has 4 nitrogen and oxygen atoms in total. The minimum absolute atomic E-state index is 0.211. The van der Waals surface area contributed by atoms with Crippen molar-refractivity contribution in [3.8, 4) is 0 Å². The Bertz CT molecular complexity index is 390. The van der Waals surface area contributed by atoms with Crippen LogP contribution in [0.25, 0.3) is 11.0 Å². The minimum Gasteiger partial charge on any atom is -0.250 e. The van der Waals surface area contributed by atoms with Gasteiger partial charge in [0.05, 0.1) is 0 Å². The van der Waals surface area contributed by atoms with Gasteiger partial charge in [-0.25, -0.2) is 9.97 Å². The Morgan fingerprint density at radius 3 is 1.67 bits per heavy atom. The van der Waals surface area contributed by atoms with Gasteiger partial charge in [-0.1, -0.05) is 23.2 Å². The molecule has 0 unspecified atom stereocenters. The van der Waals surface area contributed by atoms with Gasteiger partial charge in [-0.15, -0.1) is 10.2 Å². The van der Waals surface area contributed by atoms with Gasteiger partial charge in [-0.3, -0.25) is 0 Å². The molecule has 0 fully saturated rings. The summed E-state index contributed by atoms with van der Waals surface area (Å²) in [6.45, 7) is 0. The van der Waals surface area contributed by atoms with E-state index < -0.39 is 0 Å². The van der Waals surface area contributed by atoms with Crippen LogP contribution in [0.5, 0.6) is 0 Å². The predicted octanol–water partition coefficient (Wildman–Crippen LogP) is 1.73. The lowest BCUT2D eigenvalue weighted by Gasteiger charge is -1.96. The number of hydrogen-bond acceptors (Lipinski definition) is 4. The van der Waals surface area contributed by atoms with Gasteiger partial charge in [-0.2, -0.15) is 0 Å². The summed E-state index contributed by atoms with van der Waals surface area (Å²) in [7, 11) is 0. The van der Waals surface area contributed by atoms with Crippen molar-refractivity contribution in [1.82, 2.24) is 20.2 Å². The Balaban J connectivity index is 2.95. The zero-order valence-electron chi connectivity index (χ0n) is 5.70. The number of fused-ring (bicyclic) bond motifs is 1. The van der Waals surface area contributed by atoms with Crippen LogP contribution in [0.15, 0.2) is 12.4 Å². The zero-order valence-corrected chi connectivity index (χ0v) is 7.21. The van der Waals surface area contributed by atoms with Crippen LogP contribution in [0.1, 0.15) is 0 Å². The number of halogens is 2. The van der Waals surface area contributed by atoms with Crippen molar-refractivity contribution in [1.29, 1.82) is 0 Å². The van der Waals surface area contributed by atoms with Crippen molar-refractivity contribution in [2.75, 3.05) is 0 Å². The van der Waals surface area contributed by atoms with Crippen LogP contribution < -0.4 is 0 Å². The van der Waals surface area contributed by atoms with Crippen molar-refractivity contribution in [3.05, 3.63) is 22.7 Å². The third-order valence-corrected chi connectivity index (χ3v) is 1.82. The molecule has 2 rings (SSSR count). The van der Waals surface area contributed by atoms with E-state index in [0.717, 1.165) is 0 Å². The highest BCUT2D eigenvalue weighted by atomic mass is 35.5. The van der Waals surface area contributed by atoms with Crippen LogP contribution in [0.3, 0.4) is 0 Å². The molecule has 2 aromatic heterocycles. The van der Waals surface area contributed by atoms with Gasteiger partial charge in [-0.05, 0) is 0 Å². The molecule has 0 aromatic carbocycles. The van der Waals surface area contributed by atoms with Crippen LogP contribution >= 0.6 is 23.2 Å². The highest BCUT2D eigenvalue weighted by Crippen LogP contribution is 2.20. The lowest BCUT2D eigenvalue weighted by Crippen LogP contribution is -1.90. The van der Waals surface area contributed by atoms with Crippen LogP contribution in [0.4, 0.5) is 0 Å². The monoisotopic (exact) mass is 200 g/mol. The second-order valence-corrected chi connectivity index (χ2v) is 2.75. The molecule has 0 saturated carbocycles. The maximum atomic E-state index is 5.69. The summed E-state index contributed by atoms with van der Waals surface area (Å²) >= 11 is 11.4. The number of rotatable bonds is 0. The first-order valence-electron chi connectivity index (χ1n) is 3.07. The smallest absolute Gasteiger partial charge is 0.179 e. The molecule has 0 bridgehead atoms. The van der Waals surface area contributed by atoms with Gasteiger partial charge in [0.2, 0.25) is 0 Å². The summed E-state index contributed by atoms with van der Waals surface area (Å²) in [4.78, 5) is 7.92. The molecular weight excluding hydrogens is 199 g/mol. The van der Waals surface area contributed by atoms with E-state index in [1.165, 1.54) is 12.4 Å². The Kier molecular flexibility index (Phi) is 1.78. The topological polar surface area (TPSA) is 51.6 Å². The molecule has 0 N–H and O–H groups in total. The van der Waals surface area contributed by atoms with E-state index in [9.17, 15) is 0 Å². The molecule has 0 spiro atoms. The summed E-state index contributed by atoms with van der Waals surface area (Å²) in [5, 5.41) is 7.60. The number of hydrogen-bond donors (Lipinski definition) is 0. The molecule has 0 aliphatic carbocycles. The highest BCUT2D eigenvalue weighted by Gasteiger charge is 2.06. The summed E-state index contributed by atoms with van der Waals surface area (Å²) in [5.41, 5.74) is 0.943. The maximum absolute atomic E-state index is 5.69. The normalized spacial score (nSPS) is 10.5. The molecule has 0 aliphatic heterocycles. The van der Waals surface area contributed by atoms with Gasteiger partial charge in [0.1, 0.15) is 11.0 Å². The lowest BCUT2D eigenvalue weighted by molar-refractivity contribution is 1.04. The summed E-state index contributed by atoms with van der Waals surface area (Å²) in [6, 6.07) is 0. The fraction of sp³-hybridized carbons (Fsp3) is 0. The fourth-order valence-corrected chi connectivity index (χ4v) is 1.17. The van der Waals surface area contributed by atoms with Crippen LogP contribution in [-0.4, -0.2) is 20.2 Å². The van der Waals surface area contributed by atoms with Crippen molar-refractivity contribution < 1.29 is 0 Å². The molecule has 2 heterocycles. The van der Waals surface area contributed by atoms with Crippen LogP contribution in [0.2, 0.25) is 10.3 Å². The molecular formula is C6H2Cl2N4. The van der Waals surface area contributed by atoms with E-state index in [4.69, 9.17) is 23.2 Å². The Labute approximate surface area is 77.6 Å². The van der Waals surface area contributed by atoms with Crippen LogP contribution in [-0.2, 0) is 0 Å². The second kappa shape index (κ2) is 2.80. The molecule has 0 atom stereocenters. The standard InChI is InChI=1S/C6H2Cl2N4/c7-5-3-4(6(8)12-11-5)10-2-1-9-3/h1-2H. The van der Waals surface area contributed by atoms with E-state index in [0.29, 0.717) is 11.0 Å². The molecule has 0 radical (unpaired) electrons. The van der Waals surface area contributed by atoms with E-state index >= 15 is 0 Å². The average Bonchev–Trinajstić information content (AvgIpc) is 2.12. The average molecular weight is 201 g/mol. The van der Waals surface area contributed by atoms with Crippen molar-refractivity contribution in [2.24, 2.45) is 0 Å². The molecule has 0 amide bonds. The largest absolute Gasteiger partial charge is 0.250 e. The van der Waals surface area contributed by atoms with E-state index in [1.807, 2.05) is 0 Å². The first kappa shape index (κ1) is 7.64. The molecule has 6 heteroatoms. The first-order valence-corrected chi connectivity index (χ1v) is 3.83. The summed E-state index contributed by atoms with van der Waals surface area (Å²) in [5.74, 6) is 0. The molecule has 2 aromatic rings. The first-order chi connectivity index (χ1) is 5.79. The van der Waals surface area contributed by atoms with E-state index in [2.05, 4.69) is 20.2 Å². The van der Waals surface area contributed by atoms with Crippen molar-refractivity contribution >= 4 is 34.2 Å². The molecule has 60 valence electrons. The van der Waals surface area contributed by atoms with Gasteiger partial charge in [0.15, 0.2) is 10.3 Å². The van der Waals surface area contributed by atoms with Gasteiger partial charge in [0.25, 0.3) is 0 Å². The molecule has 12 heavy (non-hydrogen) atoms. The molecule has 0 saturated heterocycles. The fourth-order valence-electron chi connectivity index (χ4n) is 0.822. The maximum Gasteiger partial charge on any atom is 0.179 e. The Morgan fingerprint density at radius 1 is 0.833 bits per heavy atom. The Hall–Kier alpha value is -1.00. The predicted molar refractivity (Wildman–Crippen MR) is 45.1 cm³/mol. The van der Waals surface area contributed by atoms with Crippen LogP contribution in [0, 0.1) is 0 Å². The number of nitrogens with zero attached hydrogens (tertiary/aromatic N) is 4.